The molecule has 0 radical (unpaired) electrons. The van der Waals surface area contributed by atoms with Gasteiger partial charge >= 0.3 is 0 Å². The minimum absolute atomic E-state index is 0.336. The van der Waals surface area contributed by atoms with E-state index in [-0.39, 0.29) is 0 Å². The van der Waals surface area contributed by atoms with Crippen LogP contribution < -0.4 is 5.73 Å². The molecule has 0 unspecified atom stereocenters. The fourth-order valence-corrected chi connectivity index (χ4v) is 2.39. The molecule has 2 aromatic carbocycles. The molecule has 0 heterocycles. The molecule has 5 heteroatoms. The second kappa shape index (κ2) is 5.35. The predicted octanol–water partition coefficient (Wildman–Crippen LogP) is 3.98. The first-order valence-electron chi connectivity index (χ1n) is 5.17. The molecule has 0 bridgehead atoms. The van der Waals surface area contributed by atoms with E-state index in [1.165, 1.54) is 30.0 Å². The Hall–Kier alpha value is -1.62. The molecule has 0 aliphatic heterocycles. The molecule has 0 saturated carbocycles. The van der Waals surface area contributed by atoms with Crippen LogP contribution in [-0.2, 0) is 5.75 Å². The minimum atomic E-state index is -0.883. The molecule has 0 aliphatic carbocycles. The van der Waals surface area contributed by atoms with Crippen molar-refractivity contribution in [1.82, 2.24) is 0 Å². The highest BCUT2D eigenvalue weighted by Gasteiger charge is 2.04. The lowest BCUT2D eigenvalue weighted by Crippen LogP contribution is -1.89. The van der Waals surface area contributed by atoms with Gasteiger partial charge < -0.3 is 5.73 Å². The topological polar surface area (TPSA) is 26.0 Å². The Bertz CT molecular complexity index is 552. The van der Waals surface area contributed by atoms with Crippen LogP contribution in [0.4, 0.5) is 18.9 Å². The summed E-state index contributed by atoms with van der Waals surface area (Å²) in [5, 5.41) is 0. The molecular weight excluding hydrogens is 259 g/mol. The van der Waals surface area contributed by atoms with E-state index < -0.39 is 17.5 Å². The SMILES string of the molecule is Nc1cc(F)cc(SCc2ccc(F)c(F)c2)c1. The molecular formula is C13H10F3NS. The average molecular weight is 269 g/mol. The van der Waals surface area contributed by atoms with E-state index in [4.69, 9.17) is 5.73 Å². The Balaban J connectivity index is 2.08. The molecule has 0 amide bonds. The summed E-state index contributed by atoms with van der Waals surface area (Å²) >= 11 is 1.31. The maximum atomic E-state index is 13.1. The Kier molecular flexibility index (Phi) is 3.81. The van der Waals surface area contributed by atoms with Gasteiger partial charge in [-0.3, -0.25) is 0 Å². The van der Waals surface area contributed by atoms with Gasteiger partial charge in [0.25, 0.3) is 0 Å². The smallest absolute Gasteiger partial charge is 0.159 e. The molecule has 0 atom stereocenters. The first-order chi connectivity index (χ1) is 8.54. The van der Waals surface area contributed by atoms with Gasteiger partial charge in [-0.1, -0.05) is 6.07 Å². The van der Waals surface area contributed by atoms with Crippen LogP contribution in [-0.4, -0.2) is 0 Å². The second-order valence-corrected chi connectivity index (χ2v) is 4.81. The summed E-state index contributed by atoms with van der Waals surface area (Å²) in [4.78, 5) is 0.650. The first-order valence-corrected chi connectivity index (χ1v) is 6.16. The van der Waals surface area contributed by atoms with Gasteiger partial charge in [0.2, 0.25) is 0 Å². The van der Waals surface area contributed by atoms with E-state index >= 15 is 0 Å². The molecule has 94 valence electrons. The lowest BCUT2D eigenvalue weighted by atomic mass is 10.2. The van der Waals surface area contributed by atoms with Crippen molar-refractivity contribution in [1.29, 1.82) is 0 Å². The summed E-state index contributed by atoms with van der Waals surface area (Å²) in [5.74, 6) is -1.76. The number of benzene rings is 2. The molecule has 0 aliphatic rings. The maximum Gasteiger partial charge on any atom is 0.159 e. The molecule has 0 spiro atoms. The summed E-state index contributed by atoms with van der Waals surface area (Å²) in [6, 6.07) is 7.90. The van der Waals surface area contributed by atoms with Crippen LogP contribution in [0.5, 0.6) is 0 Å². The van der Waals surface area contributed by atoms with Crippen molar-refractivity contribution in [2.24, 2.45) is 0 Å². The third kappa shape index (κ3) is 3.20. The van der Waals surface area contributed by atoms with Crippen LogP contribution in [0.15, 0.2) is 41.3 Å². The van der Waals surface area contributed by atoms with Gasteiger partial charge in [-0.25, -0.2) is 13.2 Å². The third-order valence-corrected chi connectivity index (χ3v) is 3.33. The molecule has 0 fully saturated rings. The van der Waals surface area contributed by atoms with Gasteiger partial charge in [-0.05, 0) is 35.9 Å². The Morgan fingerprint density at radius 2 is 1.72 bits per heavy atom. The third-order valence-electron chi connectivity index (χ3n) is 2.28. The zero-order valence-corrected chi connectivity index (χ0v) is 10.1. The number of nitrogen functional groups attached to an aromatic ring is 1. The Labute approximate surface area is 107 Å². The van der Waals surface area contributed by atoms with Crippen molar-refractivity contribution in [2.45, 2.75) is 10.6 Å². The molecule has 0 aromatic heterocycles. The summed E-state index contributed by atoms with van der Waals surface area (Å²) < 4.78 is 38.8. The van der Waals surface area contributed by atoms with Crippen molar-refractivity contribution in [3.63, 3.8) is 0 Å². The Morgan fingerprint density at radius 1 is 0.944 bits per heavy atom. The monoisotopic (exact) mass is 269 g/mol. The lowest BCUT2D eigenvalue weighted by Gasteiger charge is -2.04. The molecule has 2 aromatic rings. The van der Waals surface area contributed by atoms with Gasteiger partial charge in [-0.2, -0.15) is 0 Å². The zero-order valence-electron chi connectivity index (χ0n) is 9.29. The normalized spacial score (nSPS) is 10.6. The number of thioether (sulfide) groups is 1. The number of halogens is 3. The maximum absolute atomic E-state index is 13.1. The quantitative estimate of drug-likeness (QED) is 0.673. The summed E-state index contributed by atoms with van der Waals surface area (Å²) in [6.07, 6.45) is 0. The summed E-state index contributed by atoms with van der Waals surface area (Å²) in [6.45, 7) is 0. The van der Waals surface area contributed by atoms with Crippen molar-refractivity contribution in [3.8, 4) is 0 Å². The van der Waals surface area contributed by atoms with E-state index in [1.54, 1.807) is 6.07 Å². The standard InChI is InChI=1S/C13H10F3NS/c14-9-4-10(17)6-11(5-9)18-7-8-1-2-12(15)13(16)3-8/h1-6H,7,17H2. The fourth-order valence-electron chi connectivity index (χ4n) is 1.46. The van der Waals surface area contributed by atoms with Crippen molar-refractivity contribution >= 4 is 17.4 Å². The Morgan fingerprint density at radius 3 is 2.39 bits per heavy atom. The van der Waals surface area contributed by atoms with Gasteiger partial charge in [0, 0.05) is 16.3 Å². The van der Waals surface area contributed by atoms with Gasteiger partial charge in [-0.15, -0.1) is 11.8 Å². The molecule has 0 saturated heterocycles. The number of hydrogen-bond acceptors (Lipinski definition) is 2. The number of anilines is 1. The average Bonchev–Trinajstić information content (AvgIpc) is 2.29. The van der Waals surface area contributed by atoms with Gasteiger partial charge in [0.15, 0.2) is 11.6 Å². The van der Waals surface area contributed by atoms with E-state index in [0.29, 0.717) is 21.9 Å². The van der Waals surface area contributed by atoms with Crippen LogP contribution in [0.2, 0.25) is 0 Å². The van der Waals surface area contributed by atoms with Crippen LogP contribution >= 0.6 is 11.8 Å². The number of rotatable bonds is 3. The van der Waals surface area contributed by atoms with Crippen LogP contribution in [0.25, 0.3) is 0 Å². The highest BCUT2D eigenvalue weighted by molar-refractivity contribution is 7.98. The molecule has 18 heavy (non-hydrogen) atoms. The second-order valence-electron chi connectivity index (χ2n) is 3.76. The van der Waals surface area contributed by atoms with Crippen LogP contribution in [0.1, 0.15) is 5.56 Å². The van der Waals surface area contributed by atoms with Crippen molar-refractivity contribution in [2.75, 3.05) is 5.73 Å². The highest BCUT2D eigenvalue weighted by atomic mass is 32.2. The molecule has 2 rings (SSSR count). The van der Waals surface area contributed by atoms with E-state index in [1.807, 2.05) is 0 Å². The largest absolute Gasteiger partial charge is 0.399 e. The fraction of sp³-hybridized carbons (Fsp3) is 0.0769. The summed E-state index contributed by atoms with van der Waals surface area (Å²) in [5.41, 5.74) is 6.47. The van der Waals surface area contributed by atoms with E-state index in [0.717, 1.165) is 12.1 Å². The predicted molar refractivity (Wildman–Crippen MR) is 66.7 cm³/mol. The summed E-state index contributed by atoms with van der Waals surface area (Å²) in [7, 11) is 0. The van der Waals surface area contributed by atoms with Gasteiger partial charge in [0.05, 0.1) is 0 Å². The van der Waals surface area contributed by atoms with Crippen molar-refractivity contribution in [3.05, 3.63) is 59.4 Å². The highest BCUT2D eigenvalue weighted by Crippen LogP contribution is 2.26. The zero-order chi connectivity index (χ0) is 13.1. The van der Waals surface area contributed by atoms with Crippen LogP contribution in [0.3, 0.4) is 0 Å². The lowest BCUT2D eigenvalue weighted by molar-refractivity contribution is 0.507. The number of hydrogen-bond donors (Lipinski definition) is 1. The van der Waals surface area contributed by atoms with Gasteiger partial charge in [0.1, 0.15) is 5.82 Å². The first kappa shape index (κ1) is 12.8. The molecule has 1 nitrogen and oxygen atoms in total. The van der Waals surface area contributed by atoms with E-state index in [9.17, 15) is 13.2 Å². The minimum Gasteiger partial charge on any atom is -0.399 e. The number of nitrogens with two attached hydrogens (primary N) is 1. The van der Waals surface area contributed by atoms with Crippen LogP contribution in [0, 0.1) is 17.5 Å². The van der Waals surface area contributed by atoms with E-state index in [2.05, 4.69) is 0 Å². The van der Waals surface area contributed by atoms with Crippen molar-refractivity contribution < 1.29 is 13.2 Å². The molecule has 2 N–H and O–H groups in total.